The minimum absolute atomic E-state index is 0.102. The zero-order valence-electron chi connectivity index (χ0n) is 8.24. The minimum Gasteiger partial charge on any atom is -0.392 e. The van der Waals surface area contributed by atoms with Gasteiger partial charge in [0.15, 0.2) is 0 Å². The summed E-state index contributed by atoms with van der Waals surface area (Å²) in [5, 5.41) is 9.41. The molecule has 1 fully saturated rings. The first-order valence-corrected chi connectivity index (χ1v) is 6.04. The van der Waals surface area contributed by atoms with Gasteiger partial charge in [0.2, 0.25) is 0 Å². The highest BCUT2D eigenvalue weighted by molar-refractivity contribution is 7.93. The van der Waals surface area contributed by atoms with Gasteiger partial charge in [0, 0.05) is 19.3 Å². The van der Waals surface area contributed by atoms with E-state index >= 15 is 0 Å². The van der Waals surface area contributed by atoms with Crippen LogP contribution in [0.4, 0.5) is 0 Å². The zero-order valence-corrected chi connectivity index (χ0v) is 9.05. The van der Waals surface area contributed by atoms with Crippen LogP contribution in [0.5, 0.6) is 0 Å². The number of hydrogen-bond acceptors (Lipinski definition) is 4. The fraction of sp³-hybridized carbons (Fsp3) is 1.00. The number of aliphatic hydroxyl groups excluding tert-OH is 1. The summed E-state index contributed by atoms with van der Waals surface area (Å²) in [7, 11) is 0. The lowest BCUT2D eigenvalue weighted by atomic mass is 10.1. The highest BCUT2D eigenvalue weighted by Crippen LogP contribution is 2.10. The third-order valence-corrected chi connectivity index (χ3v) is 2.70. The summed E-state index contributed by atoms with van der Waals surface area (Å²) in [6.07, 6.45) is 5.00. The van der Waals surface area contributed by atoms with Crippen LogP contribution in [0.15, 0.2) is 0 Å². The van der Waals surface area contributed by atoms with Crippen LogP contribution in [0.2, 0.25) is 0 Å². The average molecular weight is 205 g/mol. The second-order valence-corrected chi connectivity index (χ2v) is 4.01. The summed E-state index contributed by atoms with van der Waals surface area (Å²) in [6, 6.07) is 0. The van der Waals surface area contributed by atoms with E-state index in [4.69, 9.17) is 4.18 Å². The first-order valence-electron chi connectivity index (χ1n) is 4.89. The molecule has 0 saturated carbocycles. The Bertz CT molecular complexity index is 135. The number of hydrogen-bond donors (Lipinski definition) is 1. The van der Waals surface area contributed by atoms with Gasteiger partial charge in [-0.1, -0.05) is 0 Å². The predicted octanol–water partition coefficient (Wildman–Crippen LogP) is 1.13. The van der Waals surface area contributed by atoms with E-state index in [9.17, 15) is 5.11 Å². The molecule has 0 aromatic carbocycles. The van der Waals surface area contributed by atoms with Crippen LogP contribution in [0.1, 0.15) is 19.3 Å². The molecule has 0 spiro atoms. The highest BCUT2D eigenvalue weighted by atomic mass is 32.2. The molecule has 1 aliphatic heterocycles. The molecule has 1 aliphatic rings. The summed E-state index contributed by atoms with van der Waals surface area (Å²) in [5.74, 6) is 0. The molecule has 0 aliphatic carbocycles. The van der Waals surface area contributed by atoms with Gasteiger partial charge in [0.25, 0.3) is 0 Å². The lowest BCUT2D eigenvalue weighted by Gasteiger charge is -2.29. The number of nitrogens with zero attached hydrogens (tertiary/aromatic N) is 1. The second kappa shape index (κ2) is 6.65. The zero-order chi connectivity index (χ0) is 9.52. The van der Waals surface area contributed by atoms with Gasteiger partial charge >= 0.3 is 0 Å². The van der Waals surface area contributed by atoms with Crippen molar-refractivity contribution in [1.29, 1.82) is 0 Å². The van der Waals surface area contributed by atoms with Crippen LogP contribution in [-0.2, 0) is 4.18 Å². The van der Waals surface area contributed by atoms with E-state index in [1.54, 1.807) is 0 Å². The molecular formula is C9H19NO2S. The molecule has 0 bridgehead atoms. The molecule has 4 heteroatoms. The third-order valence-electron chi connectivity index (χ3n) is 2.30. The van der Waals surface area contributed by atoms with E-state index in [-0.39, 0.29) is 6.10 Å². The molecule has 1 rings (SSSR count). The molecule has 13 heavy (non-hydrogen) atoms. The summed E-state index contributed by atoms with van der Waals surface area (Å²) in [6.45, 7) is 3.85. The summed E-state index contributed by atoms with van der Waals surface area (Å²) < 4.78 is 5.18. The van der Waals surface area contributed by atoms with E-state index in [2.05, 4.69) is 4.90 Å². The Morgan fingerprint density at radius 1 is 1.62 bits per heavy atom. The Balaban J connectivity index is 2.00. The Hall–Kier alpha value is 0.230. The maximum absolute atomic E-state index is 9.41. The number of rotatable bonds is 5. The van der Waals surface area contributed by atoms with Crippen LogP contribution in [0.3, 0.4) is 0 Å². The summed E-state index contributed by atoms with van der Waals surface area (Å²) in [5.41, 5.74) is 0. The minimum atomic E-state index is -0.102. The van der Waals surface area contributed by atoms with Crippen molar-refractivity contribution in [3.8, 4) is 0 Å². The molecule has 3 nitrogen and oxygen atoms in total. The molecule has 78 valence electrons. The van der Waals surface area contributed by atoms with Gasteiger partial charge in [-0.05, 0) is 37.8 Å². The van der Waals surface area contributed by atoms with Crippen molar-refractivity contribution in [2.45, 2.75) is 25.4 Å². The molecule has 1 N–H and O–H groups in total. The van der Waals surface area contributed by atoms with E-state index in [0.29, 0.717) is 0 Å². The predicted molar refractivity (Wildman–Crippen MR) is 55.8 cm³/mol. The van der Waals surface area contributed by atoms with E-state index in [0.717, 1.165) is 45.5 Å². The Kier molecular flexibility index (Phi) is 5.78. The molecule has 0 unspecified atom stereocenters. The highest BCUT2D eigenvalue weighted by Gasteiger charge is 2.16. The van der Waals surface area contributed by atoms with E-state index in [1.165, 1.54) is 12.0 Å². The lowest BCUT2D eigenvalue weighted by molar-refractivity contribution is 0.0683. The van der Waals surface area contributed by atoms with Crippen molar-refractivity contribution in [2.24, 2.45) is 0 Å². The first-order chi connectivity index (χ1) is 6.33. The van der Waals surface area contributed by atoms with E-state index in [1.807, 2.05) is 6.26 Å². The van der Waals surface area contributed by atoms with Crippen molar-refractivity contribution < 1.29 is 9.29 Å². The van der Waals surface area contributed by atoms with Crippen molar-refractivity contribution in [3.63, 3.8) is 0 Å². The topological polar surface area (TPSA) is 32.7 Å². The molecule has 0 radical (unpaired) electrons. The standard InChI is InChI=1S/C9H19NO2S/c1-13-12-7-3-6-10-5-2-4-9(11)8-10/h9,11H,2-8H2,1H3/t9-/m0/s1. The maximum atomic E-state index is 9.41. The Morgan fingerprint density at radius 3 is 3.15 bits per heavy atom. The van der Waals surface area contributed by atoms with Gasteiger partial charge in [0.1, 0.15) is 0 Å². The largest absolute Gasteiger partial charge is 0.392 e. The fourth-order valence-electron chi connectivity index (χ4n) is 1.66. The lowest BCUT2D eigenvalue weighted by Crippen LogP contribution is -2.38. The van der Waals surface area contributed by atoms with Crippen LogP contribution < -0.4 is 0 Å². The van der Waals surface area contributed by atoms with Gasteiger partial charge in [0.05, 0.1) is 12.7 Å². The average Bonchev–Trinajstić information content (AvgIpc) is 2.13. The van der Waals surface area contributed by atoms with Crippen molar-refractivity contribution >= 4 is 12.0 Å². The van der Waals surface area contributed by atoms with Crippen LogP contribution in [-0.4, -0.2) is 48.6 Å². The van der Waals surface area contributed by atoms with Gasteiger partial charge < -0.3 is 14.2 Å². The molecule has 1 saturated heterocycles. The number of piperidine rings is 1. The van der Waals surface area contributed by atoms with Crippen molar-refractivity contribution in [3.05, 3.63) is 0 Å². The van der Waals surface area contributed by atoms with Crippen LogP contribution >= 0.6 is 12.0 Å². The van der Waals surface area contributed by atoms with E-state index < -0.39 is 0 Å². The van der Waals surface area contributed by atoms with Crippen molar-refractivity contribution in [2.75, 3.05) is 32.5 Å². The van der Waals surface area contributed by atoms with Crippen LogP contribution in [0, 0.1) is 0 Å². The number of β-amino-alcohol motifs (C(OH)–C–C–N with tert-alkyl or cyclic N) is 1. The molecule has 0 aromatic heterocycles. The second-order valence-electron chi connectivity index (χ2n) is 3.44. The van der Waals surface area contributed by atoms with Gasteiger partial charge in [-0.25, -0.2) is 0 Å². The summed E-state index contributed by atoms with van der Waals surface area (Å²) >= 11 is 1.42. The maximum Gasteiger partial charge on any atom is 0.0667 e. The third kappa shape index (κ3) is 4.86. The van der Waals surface area contributed by atoms with Crippen molar-refractivity contribution in [1.82, 2.24) is 4.90 Å². The number of likely N-dealkylation sites (tertiary alicyclic amines) is 1. The molecule has 1 atom stereocenters. The SMILES string of the molecule is CSOCCCN1CCC[C@H](O)C1. The van der Waals surface area contributed by atoms with Gasteiger partial charge in [-0.15, -0.1) is 0 Å². The fourth-order valence-corrected chi connectivity index (χ4v) is 1.95. The van der Waals surface area contributed by atoms with Gasteiger partial charge in [-0.3, -0.25) is 0 Å². The summed E-state index contributed by atoms with van der Waals surface area (Å²) in [4.78, 5) is 2.32. The first kappa shape index (κ1) is 11.3. The van der Waals surface area contributed by atoms with Crippen LogP contribution in [0.25, 0.3) is 0 Å². The Morgan fingerprint density at radius 2 is 2.46 bits per heavy atom. The molecule has 1 heterocycles. The molecular weight excluding hydrogens is 186 g/mol. The van der Waals surface area contributed by atoms with Gasteiger partial charge in [-0.2, -0.15) is 0 Å². The quantitative estimate of drug-likeness (QED) is 0.539. The molecule has 0 aromatic rings. The smallest absolute Gasteiger partial charge is 0.0667 e. The Labute approximate surface area is 84.7 Å². The number of aliphatic hydroxyl groups is 1. The normalized spacial score (nSPS) is 24.9. The molecule has 0 amide bonds. The monoisotopic (exact) mass is 205 g/mol.